The van der Waals surface area contributed by atoms with Gasteiger partial charge in [-0.15, -0.1) is 0 Å². The SMILES string of the molecule is COC(=O)c1ccc([C@@H]2Nc3ccccc3S(=O)(=O)N2)cc1. The average Bonchev–Trinajstić information content (AvgIpc) is 2.53. The van der Waals surface area contributed by atoms with Gasteiger partial charge >= 0.3 is 5.97 Å². The Morgan fingerprint density at radius 3 is 2.45 bits per heavy atom. The molecule has 0 bridgehead atoms. The first-order valence-electron chi connectivity index (χ1n) is 6.57. The third-order valence-electron chi connectivity index (χ3n) is 3.41. The van der Waals surface area contributed by atoms with Crippen LogP contribution in [0.5, 0.6) is 0 Å². The van der Waals surface area contributed by atoms with Crippen molar-refractivity contribution in [2.24, 2.45) is 0 Å². The van der Waals surface area contributed by atoms with Crippen LogP contribution in [0.3, 0.4) is 0 Å². The molecule has 114 valence electrons. The van der Waals surface area contributed by atoms with Gasteiger partial charge in [0.1, 0.15) is 11.1 Å². The molecule has 1 atom stereocenters. The molecule has 0 unspecified atom stereocenters. The Hall–Kier alpha value is -2.38. The van der Waals surface area contributed by atoms with Crippen LogP contribution >= 0.6 is 0 Å². The van der Waals surface area contributed by atoms with Crippen LogP contribution in [0.15, 0.2) is 53.4 Å². The zero-order valence-corrected chi connectivity index (χ0v) is 12.6. The van der Waals surface area contributed by atoms with Crippen LogP contribution in [0, 0.1) is 0 Å². The van der Waals surface area contributed by atoms with Gasteiger partial charge in [-0.25, -0.2) is 13.2 Å². The molecule has 1 heterocycles. The number of para-hydroxylation sites is 1. The summed E-state index contributed by atoms with van der Waals surface area (Å²) in [6.45, 7) is 0. The molecule has 0 spiro atoms. The van der Waals surface area contributed by atoms with E-state index in [1.165, 1.54) is 7.11 Å². The van der Waals surface area contributed by atoms with Crippen LogP contribution < -0.4 is 10.0 Å². The van der Waals surface area contributed by atoms with Gasteiger partial charge < -0.3 is 10.1 Å². The summed E-state index contributed by atoms with van der Waals surface area (Å²) < 4.78 is 31.7. The zero-order chi connectivity index (χ0) is 15.7. The maximum absolute atomic E-state index is 12.3. The van der Waals surface area contributed by atoms with E-state index in [-0.39, 0.29) is 4.90 Å². The van der Waals surface area contributed by atoms with E-state index in [0.29, 0.717) is 16.8 Å². The predicted octanol–water partition coefficient (Wildman–Crippen LogP) is 1.88. The first-order valence-corrected chi connectivity index (χ1v) is 8.06. The van der Waals surface area contributed by atoms with Gasteiger partial charge in [0.15, 0.2) is 0 Å². The fraction of sp³-hybridized carbons (Fsp3) is 0.133. The fourth-order valence-corrected chi connectivity index (χ4v) is 3.61. The fourth-order valence-electron chi connectivity index (χ4n) is 2.30. The van der Waals surface area contributed by atoms with Crippen molar-refractivity contribution in [1.29, 1.82) is 0 Å². The van der Waals surface area contributed by atoms with Gasteiger partial charge in [-0.2, -0.15) is 4.72 Å². The maximum Gasteiger partial charge on any atom is 0.337 e. The second-order valence-corrected chi connectivity index (χ2v) is 6.49. The average molecular weight is 318 g/mol. The van der Waals surface area contributed by atoms with Gasteiger partial charge in [0.2, 0.25) is 10.0 Å². The highest BCUT2D eigenvalue weighted by Crippen LogP contribution is 2.30. The number of hydrogen-bond donors (Lipinski definition) is 2. The molecular formula is C15H14N2O4S. The lowest BCUT2D eigenvalue weighted by Crippen LogP contribution is -2.38. The van der Waals surface area contributed by atoms with Gasteiger partial charge in [0.25, 0.3) is 0 Å². The summed E-state index contributed by atoms with van der Waals surface area (Å²) in [4.78, 5) is 11.6. The van der Waals surface area contributed by atoms with E-state index in [1.54, 1.807) is 48.5 Å². The topological polar surface area (TPSA) is 84.5 Å². The number of fused-ring (bicyclic) bond motifs is 1. The third-order valence-corrected chi connectivity index (χ3v) is 4.90. The van der Waals surface area contributed by atoms with E-state index in [0.717, 1.165) is 0 Å². The van der Waals surface area contributed by atoms with Crippen molar-refractivity contribution in [3.63, 3.8) is 0 Å². The highest BCUT2D eigenvalue weighted by molar-refractivity contribution is 7.89. The van der Waals surface area contributed by atoms with E-state index in [4.69, 9.17) is 0 Å². The number of carbonyl (C=O) groups is 1. The smallest absolute Gasteiger partial charge is 0.337 e. The van der Waals surface area contributed by atoms with Gasteiger partial charge in [-0.3, -0.25) is 0 Å². The number of benzene rings is 2. The summed E-state index contributed by atoms with van der Waals surface area (Å²) in [5.74, 6) is -0.436. The number of hydrogen-bond acceptors (Lipinski definition) is 5. The molecule has 0 fully saturated rings. The molecule has 7 heteroatoms. The number of methoxy groups -OCH3 is 1. The van der Waals surface area contributed by atoms with Crippen molar-refractivity contribution in [2.45, 2.75) is 11.1 Å². The van der Waals surface area contributed by atoms with Crippen molar-refractivity contribution in [2.75, 3.05) is 12.4 Å². The molecule has 0 saturated carbocycles. The van der Waals surface area contributed by atoms with Crippen molar-refractivity contribution >= 4 is 21.7 Å². The Morgan fingerprint density at radius 2 is 1.77 bits per heavy atom. The van der Waals surface area contributed by atoms with Crippen molar-refractivity contribution in [3.8, 4) is 0 Å². The van der Waals surface area contributed by atoms with Crippen molar-refractivity contribution < 1.29 is 17.9 Å². The Kier molecular flexibility index (Phi) is 3.59. The van der Waals surface area contributed by atoms with E-state index in [1.807, 2.05) is 0 Å². The number of nitrogens with one attached hydrogen (secondary N) is 2. The molecule has 0 aromatic heterocycles. The molecule has 1 aliphatic rings. The highest BCUT2D eigenvalue weighted by atomic mass is 32.2. The normalized spacial score (nSPS) is 18.9. The van der Waals surface area contributed by atoms with Gasteiger partial charge in [0.05, 0.1) is 18.4 Å². The molecule has 2 N–H and O–H groups in total. The number of sulfonamides is 1. The lowest BCUT2D eigenvalue weighted by molar-refractivity contribution is 0.0600. The second-order valence-electron chi connectivity index (χ2n) is 4.81. The molecule has 0 aliphatic carbocycles. The summed E-state index contributed by atoms with van der Waals surface area (Å²) in [5, 5.41) is 3.13. The number of rotatable bonds is 2. The molecule has 22 heavy (non-hydrogen) atoms. The summed E-state index contributed by atoms with van der Waals surface area (Å²) in [6.07, 6.45) is -0.591. The van der Waals surface area contributed by atoms with Gasteiger partial charge in [-0.05, 0) is 29.8 Å². The lowest BCUT2D eigenvalue weighted by atomic mass is 10.1. The highest BCUT2D eigenvalue weighted by Gasteiger charge is 2.29. The Balaban J connectivity index is 1.93. The van der Waals surface area contributed by atoms with Crippen LogP contribution in [0.1, 0.15) is 22.1 Å². The molecule has 0 saturated heterocycles. The standard InChI is InChI=1S/C15H14N2O4S/c1-21-15(18)11-8-6-10(7-9-11)14-16-12-4-2-3-5-13(12)22(19,20)17-14/h2-9,14,16-17H,1H3/t14-/m1/s1. The van der Waals surface area contributed by atoms with Crippen molar-refractivity contribution in [3.05, 3.63) is 59.7 Å². The Bertz CT molecular complexity index is 816. The number of anilines is 1. The molecule has 0 amide bonds. The van der Waals surface area contributed by atoms with Gasteiger partial charge in [-0.1, -0.05) is 24.3 Å². The molecule has 6 nitrogen and oxygen atoms in total. The van der Waals surface area contributed by atoms with Crippen LogP contribution in [0.4, 0.5) is 5.69 Å². The summed E-state index contributed by atoms with van der Waals surface area (Å²) in [5.41, 5.74) is 1.65. The summed E-state index contributed by atoms with van der Waals surface area (Å²) >= 11 is 0. The minimum absolute atomic E-state index is 0.220. The number of esters is 1. The predicted molar refractivity (Wildman–Crippen MR) is 80.9 cm³/mol. The van der Waals surface area contributed by atoms with E-state index < -0.39 is 22.2 Å². The quantitative estimate of drug-likeness (QED) is 0.826. The third kappa shape index (κ3) is 2.56. The van der Waals surface area contributed by atoms with E-state index >= 15 is 0 Å². The minimum atomic E-state index is -3.57. The van der Waals surface area contributed by atoms with Crippen LogP contribution in [-0.4, -0.2) is 21.5 Å². The molecule has 0 radical (unpaired) electrons. The van der Waals surface area contributed by atoms with Gasteiger partial charge in [0, 0.05) is 0 Å². The Labute approximate surface area is 128 Å². The van der Waals surface area contributed by atoms with E-state index in [2.05, 4.69) is 14.8 Å². The lowest BCUT2D eigenvalue weighted by Gasteiger charge is -2.28. The number of ether oxygens (including phenoxy) is 1. The number of carbonyl (C=O) groups excluding carboxylic acids is 1. The molecule has 2 aromatic rings. The first kappa shape index (κ1) is 14.6. The maximum atomic E-state index is 12.3. The molecule has 2 aromatic carbocycles. The minimum Gasteiger partial charge on any atom is -0.465 e. The van der Waals surface area contributed by atoms with Crippen LogP contribution in [0.2, 0.25) is 0 Å². The monoisotopic (exact) mass is 318 g/mol. The van der Waals surface area contributed by atoms with Crippen LogP contribution in [0.25, 0.3) is 0 Å². The Morgan fingerprint density at radius 1 is 1.09 bits per heavy atom. The first-order chi connectivity index (χ1) is 10.5. The summed E-state index contributed by atoms with van der Waals surface area (Å²) in [6, 6.07) is 13.2. The summed E-state index contributed by atoms with van der Waals surface area (Å²) in [7, 11) is -2.27. The molecular weight excluding hydrogens is 304 g/mol. The molecule has 3 rings (SSSR count). The second kappa shape index (κ2) is 5.43. The van der Waals surface area contributed by atoms with E-state index in [9.17, 15) is 13.2 Å². The zero-order valence-electron chi connectivity index (χ0n) is 11.7. The molecule has 1 aliphatic heterocycles. The largest absolute Gasteiger partial charge is 0.465 e. The van der Waals surface area contributed by atoms with Crippen molar-refractivity contribution in [1.82, 2.24) is 4.72 Å². The van der Waals surface area contributed by atoms with Crippen LogP contribution in [-0.2, 0) is 14.8 Å².